The Bertz CT molecular complexity index is 1160. The molecule has 15 heteroatoms. The Morgan fingerprint density at radius 2 is 1.49 bits per heavy atom. The predicted octanol–water partition coefficient (Wildman–Crippen LogP) is 3.58. The van der Waals surface area contributed by atoms with E-state index in [4.69, 9.17) is 33.4 Å². The van der Waals surface area contributed by atoms with Crippen LogP contribution in [-0.4, -0.2) is 60.9 Å². The molecule has 0 amide bonds. The van der Waals surface area contributed by atoms with Gasteiger partial charge in [0.15, 0.2) is 0 Å². The van der Waals surface area contributed by atoms with Crippen molar-refractivity contribution in [2.24, 2.45) is 0 Å². The molecule has 2 aliphatic heterocycles. The number of non-ortho nitro benzene ring substituents is 1. The topological polar surface area (TPSA) is 182 Å². The van der Waals surface area contributed by atoms with Gasteiger partial charge >= 0.3 is 11.9 Å². The van der Waals surface area contributed by atoms with E-state index in [0.29, 0.717) is 27.7 Å². The van der Waals surface area contributed by atoms with Gasteiger partial charge in [0.1, 0.15) is 23.6 Å². The molecule has 188 valence electrons. The van der Waals surface area contributed by atoms with E-state index < -0.39 is 34.3 Å². The number of aliphatic carboxylic acids is 2. The Kier molecular flexibility index (Phi) is 8.96. The fourth-order valence-corrected chi connectivity index (χ4v) is 6.24. The van der Waals surface area contributed by atoms with Crippen molar-refractivity contribution in [3.63, 3.8) is 0 Å². The first-order chi connectivity index (χ1) is 16.5. The monoisotopic (exact) mass is 563 g/mol. The normalized spacial score (nSPS) is 23.4. The van der Waals surface area contributed by atoms with Gasteiger partial charge in [-0.3, -0.25) is 30.3 Å². The number of rotatable bonds is 5. The van der Waals surface area contributed by atoms with Gasteiger partial charge in [-0.05, 0) is 18.2 Å². The second-order valence-electron chi connectivity index (χ2n) is 7.37. The van der Waals surface area contributed by atoms with Crippen molar-refractivity contribution in [2.75, 3.05) is 11.5 Å². The standard InChI is InChI=1S/C10H9Cl2NO3S.C10H10N2O5S/c11-4-1-5(8(14)6(12)2-4)9-13-7(3-17-9)10(15)16;13-8-2-1-5(12(16)17)3-6(8)9-11-7(4-18-9)10(14)15/h1-2,7,9,13-14H,3H2,(H,15,16);1-3,7,9,11,13H,4H2,(H,14,15). The number of phenolic OH excluding ortho intramolecular Hbond substituents is 2. The number of nitrogens with one attached hydrogen (secondary N) is 2. The molecule has 35 heavy (non-hydrogen) atoms. The fourth-order valence-electron chi connectivity index (χ4n) is 3.24. The lowest BCUT2D eigenvalue weighted by molar-refractivity contribution is -0.384. The summed E-state index contributed by atoms with van der Waals surface area (Å²) in [4.78, 5) is 31.7. The minimum Gasteiger partial charge on any atom is -0.508 e. The summed E-state index contributed by atoms with van der Waals surface area (Å²) < 4.78 is 0. The molecule has 6 N–H and O–H groups in total. The van der Waals surface area contributed by atoms with Crippen LogP contribution >= 0.6 is 46.7 Å². The Hall–Kier alpha value is -2.42. The first kappa shape index (κ1) is 27.2. The average Bonchev–Trinajstić information content (AvgIpc) is 3.47. The number of phenols is 2. The molecule has 4 rings (SSSR count). The van der Waals surface area contributed by atoms with Crippen LogP contribution in [0.2, 0.25) is 10.0 Å². The van der Waals surface area contributed by atoms with Gasteiger partial charge in [0.25, 0.3) is 5.69 Å². The molecule has 2 aliphatic rings. The summed E-state index contributed by atoms with van der Waals surface area (Å²) in [5.74, 6) is -1.25. The summed E-state index contributed by atoms with van der Waals surface area (Å²) in [6.07, 6.45) is 0. The van der Waals surface area contributed by atoms with Gasteiger partial charge in [0, 0.05) is 39.8 Å². The highest BCUT2D eigenvalue weighted by Crippen LogP contribution is 2.42. The smallest absolute Gasteiger partial charge is 0.321 e. The van der Waals surface area contributed by atoms with E-state index in [0.717, 1.165) is 0 Å². The molecule has 4 atom stereocenters. The molecule has 0 radical (unpaired) electrons. The molecular formula is C20H19Cl2N3O8S2. The molecule has 0 aliphatic carbocycles. The van der Waals surface area contributed by atoms with Crippen molar-refractivity contribution in [1.82, 2.24) is 10.6 Å². The highest BCUT2D eigenvalue weighted by atomic mass is 35.5. The van der Waals surface area contributed by atoms with Crippen LogP contribution in [0.4, 0.5) is 5.69 Å². The highest BCUT2D eigenvalue weighted by molar-refractivity contribution is 8.00. The fraction of sp³-hybridized carbons (Fsp3) is 0.300. The van der Waals surface area contributed by atoms with Crippen molar-refractivity contribution < 1.29 is 34.9 Å². The summed E-state index contributed by atoms with van der Waals surface area (Å²) in [5, 5.41) is 53.3. The van der Waals surface area contributed by atoms with Crippen LogP contribution in [0, 0.1) is 10.1 Å². The maximum atomic E-state index is 10.8. The van der Waals surface area contributed by atoms with E-state index in [1.54, 1.807) is 6.07 Å². The van der Waals surface area contributed by atoms with Crippen LogP contribution in [0.5, 0.6) is 11.5 Å². The first-order valence-electron chi connectivity index (χ1n) is 9.84. The minimum absolute atomic E-state index is 0.0629. The molecule has 0 bridgehead atoms. The first-order valence-corrected chi connectivity index (χ1v) is 12.7. The van der Waals surface area contributed by atoms with Crippen molar-refractivity contribution in [3.05, 3.63) is 61.6 Å². The summed E-state index contributed by atoms with van der Waals surface area (Å²) >= 11 is 14.3. The number of benzene rings is 2. The summed E-state index contributed by atoms with van der Waals surface area (Å²) in [7, 11) is 0. The van der Waals surface area contributed by atoms with Gasteiger partial charge < -0.3 is 20.4 Å². The Balaban J connectivity index is 0.000000196. The molecule has 0 aromatic heterocycles. The van der Waals surface area contributed by atoms with Gasteiger partial charge in [-0.15, -0.1) is 23.5 Å². The van der Waals surface area contributed by atoms with Gasteiger partial charge in [0.2, 0.25) is 0 Å². The zero-order chi connectivity index (χ0) is 25.9. The quantitative estimate of drug-likeness (QED) is 0.230. The summed E-state index contributed by atoms with van der Waals surface area (Å²) in [6, 6.07) is 5.38. The molecule has 2 saturated heterocycles. The van der Waals surface area contributed by atoms with E-state index in [2.05, 4.69) is 10.6 Å². The van der Waals surface area contributed by atoms with Crippen molar-refractivity contribution >= 4 is 64.4 Å². The largest absolute Gasteiger partial charge is 0.508 e. The zero-order valence-corrected chi connectivity index (χ0v) is 20.7. The number of thioether (sulfide) groups is 2. The maximum absolute atomic E-state index is 10.8. The average molecular weight is 564 g/mol. The molecule has 2 aromatic carbocycles. The third-order valence-electron chi connectivity index (χ3n) is 5.00. The highest BCUT2D eigenvalue weighted by Gasteiger charge is 2.33. The number of nitro groups is 1. The molecule has 2 heterocycles. The third-order valence-corrected chi connectivity index (χ3v) is 8.01. The molecule has 0 saturated carbocycles. The molecule has 4 unspecified atom stereocenters. The Morgan fingerprint density at radius 1 is 0.943 bits per heavy atom. The molecular weight excluding hydrogens is 545 g/mol. The Morgan fingerprint density at radius 3 is 1.97 bits per heavy atom. The minimum atomic E-state index is -0.977. The predicted molar refractivity (Wildman–Crippen MR) is 132 cm³/mol. The number of hydrogen-bond acceptors (Lipinski definition) is 10. The molecule has 2 fully saturated rings. The number of hydrogen-bond donors (Lipinski definition) is 6. The maximum Gasteiger partial charge on any atom is 0.321 e. The van der Waals surface area contributed by atoms with E-state index >= 15 is 0 Å². The van der Waals surface area contributed by atoms with E-state index in [-0.39, 0.29) is 27.6 Å². The number of carboxylic acid groups (broad SMARTS) is 2. The summed E-state index contributed by atoms with van der Waals surface area (Å²) in [6.45, 7) is 0. The van der Waals surface area contributed by atoms with Gasteiger partial charge in [-0.1, -0.05) is 23.2 Å². The van der Waals surface area contributed by atoms with Crippen LogP contribution in [0.3, 0.4) is 0 Å². The molecule has 0 spiro atoms. The number of nitrogens with zero attached hydrogens (tertiary/aromatic N) is 1. The second kappa shape index (κ2) is 11.5. The number of nitro benzene ring substituents is 1. The van der Waals surface area contributed by atoms with Gasteiger partial charge in [-0.25, -0.2) is 0 Å². The lowest BCUT2D eigenvalue weighted by Crippen LogP contribution is -2.33. The number of carbonyl (C=O) groups is 2. The van der Waals surface area contributed by atoms with Crippen molar-refractivity contribution in [1.29, 1.82) is 0 Å². The van der Waals surface area contributed by atoms with Gasteiger partial charge in [0.05, 0.1) is 20.7 Å². The van der Waals surface area contributed by atoms with Crippen LogP contribution < -0.4 is 10.6 Å². The van der Waals surface area contributed by atoms with E-state index in [1.807, 2.05) is 0 Å². The SMILES string of the molecule is O=C(O)C1CSC(c2cc(Cl)cc(Cl)c2O)N1.O=C(O)C1CSC(c2cc([N+](=O)[O-])ccc2O)N1. The van der Waals surface area contributed by atoms with Gasteiger partial charge in [-0.2, -0.15) is 0 Å². The third kappa shape index (κ3) is 6.63. The van der Waals surface area contributed by atoms with Crippen LogP contribution in [0.15, 0.2) is 30.3 Å². The zero-order valence-electron chi connectivity index (χ0n) is 17.6. The van der Waals surface area contributed by atoms with Crippen LogP contribution in [-0.2, 0) is 9.59 Å². The summed E-state index contributed by atoms with van der Waals surface area (Å²) in [5.41, 5.74) is 0.707. The number of halogens is 2. The number of aromatic hydroxyl groups is 2. The van der Waals surface area contributed by atoms with E-state index in [1.165, 1.54) is 47.8 Å². The van der Waals surface area contributed by atoms with Crippen LogP contribution in [0.25, 0.3) is 0 Å². The lowest BCUT2D eigenvalue weighted by Gasteiger charge is -2.14. The van der Waals surface area contributed by atoms with Crippen LogP contribution in [0.1, 0.15) is 21.9 Å². The number of carboxylic acids is 2. The Labute approximate surface area is 217 Å². The second-order valence-corrected chi connectivity index (χ2v) is 10.5. The molecule has 11 nitrogen and oxygen atoms in total. The molecule has 2 aromatic rings. The van der Waals surface area contributed by atoms with Crippen molar-refractivity contribution in [2.45, 2.75) is 22.8 Å². The lowest BCUT2D eigenvalue weighted by atomic mass is 10.1. The van der Waals surface area contributed by atoms with E-state index in [9.17, 15) is 29.9 Å². The van der Waals surface area contributed by atoms with Crippen molar-refractivity contribution in [3.8, 4) is 11.5 Å².